The van der Waals surface area contributed by atoms with Gasteiger partial charge in [-0.15, -0.1) is 0 Å². The van der Waals surface area contributed by atoms with Crippen LogP contribution < -0.4 is 9.80 Å². The van der Waals surface area contributed by atoms with Crippen molar-refractivity contribution in [3.63, 3.8) is 0 Å². The summed E-state index contributed by atoms with van der Waals surface area (Å²) in [7, 11) is 0. The lowest BCUT2D eigenvalue weighted by molar-refractivity contribution is -0.131. The molecule has 148 valence electrons. The molecular formula is C23H29N3O2. The molecule has 5 nitrogen and oxygen atoms in total. The first-order valence-electron chi connectivity index (χ1n) is 9.89. The van der Waals surface area contributed by atoms with Gasteiger partial charge in [-0.25, -0.2) is 0 Å². The number of hydrogen-bond donors (Lipinski definition) is 0. The van der Waals surface area contributed by atoms with Gasteiger partial charge in [-0.2, -0.15) is 0 Å². The van der Waals surface area contributed by atoms with Gasteiger partial charge in [0.05, 0.1) is 0 Å². The summed E-state index contributed by atoms with van der Waals surface area (Å²) in [6.07, 6.45) is 0.345. The zero-order valence-corrected chi connectivity index (χ0v) is 17.0. The molecule has 28 heavy (non-hydrogen) atoms. The van der Waals surface area contributed by atoms with E-state index in [0.29, 0.717) is 13.0 Å². The average molecular weight is 380 g/mol. The molecule has 1 heterocycles. The first kappa shape index (κ1) is 19.9. The standard InChI is InChI=1S/C23H29N3O2/c1-18-9-10-22(19(2)17-18)26(20(3)27)12-11-23(28)25-15-13-24(14-16-25)21-7-5-4-6-8-21/h4-10,17H,11-16H2,1-3H3. The normalized spacial score (nSPS) is 14.1. The van der Waals surface area contributed by atoms with Crippen molar-refractivity contribution in [2.75, 3.05) is 42.5 Å². The molecule has 0 bridgehead atoms. The van der Waals surface area contributed by atoms with Crippen molar-refractivity contribution < 1.29 is 9.59 Å². The van der Waals surface area contributed by atoms with Crippen LogP contribution in [0.2, 0.25) is 0 Å². The van der Waals surface area contributed by atoms with Gasteiger partial charge in [-0.1, -0.05) is 35.9 Å². The molecule has 0 aromatic heterocycles. The second-order valence-electron chi connectivity index (χ2n) is 7.41. The topological polar surface area (TPSA) is 43.9 Å². The van der Waals surface area contributed by atoms with E-state index < -0.39 is 0 Å². The lowest BCUT2D eigenvalue weighted by atomic mass is 10.1. The molecule has 2 amide bonds. The van der Waals surface area contributed by atoms with Gasteiger partial charge in [0.2, 0.25) is 11.8 Å². The third-order valence-electron chi connectivity index (χ3n) is 5.33. The molecule has 1 fully saturated rings. The van der Waals surface area contributed by atoms with Gasteiger partial charge in [0.1, 0.15) is 0 Å². The van der Waals surface area contributed by atoms with Crippen LogP contribution in [-0.4, -0.2) is 49.4 Å². The number of anilines is 2. The molecule has 2 aromatic carbocycles. The lowest BCUT2D eigenvalue weighted by Crippen LogP contribution is -2.49. The highest BCUT2D eigenvalue weighted by atomic mass is 16.2. The number of hydrogen-bond acceptors (Lipinski definition) is 3. The molecule has 0 radical (unpaired) electrons. The number of piperazine rings is 1. The van der Waals surface area contributed by atoms with E-state index in [4.69, 9.17) is 0 Å². The summed E-state index contributed by atoms with van der Waals surface area (Å²) in [4.78, 5) is 30.8. The van der Waals surface area contributed by atoms with Crippen LogP contribution in [0.15, 0.2) is 48.5 Å². The van der Waals surface area contributed by atoms with Crippen molar-refractivity contribution in [2.24, 2.45) is 0 Å². The van der Waals surface area contributed by atoms with Crippen LogP contribution >= 0.6 is 0 Å². The van der Waals surface area contributed by atoms with Gasteiger partial charge in [0.15, 0.2) is 0 Å². The monoisotopic (exact) mass is 379 g/mol. The van der Waals surface area contributed by atoms with E-state index >= 15 is 0 Å². The zero-order valence-electron chi connectivity index (χ0n) is 17.0. The van der Waals surface area contributed by atoms with E-state index in [9.17, 15) is 9.59 Å². The Bertz CT molecular complexity index is 827. The van der Waals surface area contributed by atoms with Crippen LogP contribution in [0, 0.1) is 13.8 Å². The molecule has 3 rings (SSSR count). The van der Waals surface area contributed by atoms with Crippen molar-refractivity contribution in [3.8, 4) is 0 Å². The maximum Gasteiger partial charge on any atom is 0.224 e. The smallest absolute Gasteiger partial charge is 0.224 e. The summed E-state index contributed by atoms with van der Waals surface area (Å²) < 4.78 is 0. The SMILES string of the molecule is CC(=O)N(CCC(=O)N1CCN(c2ccccc2)CC1)c1ccc(C)cc1C. The third kappa shape index (κ3) is 4.71. The van der Waals surface area contributed by atoms with Crippen LogP contribution in [0.5, 0.6) is 0 Å². The Morgan fingerprint density at radius 1 is 0.964 bits per heavy atom. The van der Waals surface area contributed by atoms with E-state index in [1.54, 1.807) is 11.8 Å². The number of amides is 2. The second kappa shape index (κ2) is 8.91. The Labute approximate surface area is 167 Å². The Morgan fingerprint density at radius 3 is 2.25 bits per heavy atom. The molecule has 0 N–H and O–H groups in total. The highest BCUT2D eigenvalue weighted by Crippen LogP contribution is 2.22. The van der Waals surface area contributed by atoms with Gasteiger partial charge in [0.25, 0.3) is 0 Å². The minimum Gasteiger partial charge on any atom is -0.368 e. The number of carbonyl (C=O) groups excluding carboxylic acids is 2. The van der Waals surface area contributed by atoms with Gasteiger partial charge < -0.3 is 14.7 Å². The van der Waals surface area contributed by atoms with Gasteiger partial charge in [0, 0.05) is 57.4 Å². The molecule has 5 heteroatoms. The second-order valence-corrected chi connectivity index (χ2v) is 7.41. The summed E-state index contributed by atoms with van der Waals surface area (Å²) in [6, 6.07) is 16.3. The summed E-state index contributed by atoms with van der Waals surface area (Å²) in [5.74, 6) is 0.0809. The minimum atomic E-state index is -0.0337. The predicted octanol–water partition coefficient (Wildman–Crippen LogP) is 3.40. The Morgan fingerprint density at radius 2 is 1.64 bits per heavy atom. The van der Waals surface area contributed by atoms with Crippen molar-refractivity contribution in [2.45, 2.75) is 27.2 Å². The molecule has 0 unspecified atom stereocenters. The van der Waals surface area contributed by atoms with E-state index in [1.807, 2.05) is 49.1 Å². The molecule has 0 saturated carbocycles. The fraction of sp³-hybridized carbons (Fsp3) is 0.391. The van der Waals surface area contributed by atoms with Crippen molar-refractivity contribution in [1.29, 1.82) is 0 Å². The Balaban J connectivity index is 1.56. The largest absolute Gasteiger partial charge is 0.368 e. The van der Waals surface area contributed by atoms with E-state index in [2.05, 4.69) is 23.1 Å². The van der Waals surface area contributed by atoms with Crippen LogP contribution in [0.4, 0.5) is 11.4 Å². The molecule has 1 saturated heterocycles. The molecule has 1 aliphatic rings. The summed E-state index contributed by atoms with van der Waals surface area (Å²) in [6.45, 7) is 9.12. The number of aryl methyl sites for hydroxylation is 2. The quantitative estimate of drug-likeness (QED) is 0.800. The van der Waals surface area contributed by atoms with E-state index in [0.717, 1.165) is 43.0 Å². The fourth-order valence-corrected chi connectivity index (χ4v) is 3.77. The molecule has 1 aliphatic heterocycles. The third-order valence-corrected chi connectivity index (χ3v) is 5.33. The summed E-state index contributed by atoms with van der Waals surface area (Å²) >= 11 is 0. The van der Waals surface area contributed by atoms with Gasteiger partial charge in [-0.05, 0) is 37.6 Å². The number of rotatable bonds is 5. The molecular weight excluding hydrogens is 350 g/mol. The van der Waals surface area contributed by atoms with E-state index in [-0.39, 0.29) is 11.8 Å². The fourth-order valence-electron chi connectivity index (χ4n) is 3.77. The lowest BCUT2D eigenvalue weighted by Gasteiger charge is -2.36. The first-order chi connectivity index (χ1) is 13.5. The summed E-state index contributed by atoms with van der Waals surface area (Å²) in [5, 5.41) is 0. The zero-order chi connectivity index (χ0) is 20.1. The number of benzene rings is 2. The highest BCUT2D eigenvalue weighted by molar-refractivity contribution is 5.93. The number of para-hydroxylation sites is 1. The van der Waals surface area contributed by atoms with Crippen molar-refractivity contribution >= 4 is 23.2 Å². The Kier molecular flexibility index (Phi) is 6.34. The van der Waals surface area contributed by atoms with Gasteiger partial charge in [-0.3, -0.25) is 9.59 Å². The number of carbonyl (C=O) groups is 2. The van der Waals surface area contributed by atoms with Crippen LogP contribution in [0.1, 0.15) is 24.5 Å². The molecule has 2 aromatic rings. The summed E-state index contributed by atoms with van der Waals surface area (Å²) in [5.41, 5.74) is 4.31. The van der Waals surface area contributed by atoms with Crippen LogP contribution in [-0.2, 0) is 9.59 Å². The maximum atomic E-state index is 12.7. The molecule has 0 atom stereocenters. The van der Waals surface area contributed by atoms with Crippen molar-refractivity contribution in [1.82, 2.24) is 4.90 Å². The average Bonchev–Trinajstić information content (AvgIpc) is 2.70. The van der Waals surface area contributed by atoms with Crippen LogP contribution in [0.25, 0.3) is 0 Å². The van der Waals surface area contributed by atoms with E-state index in [1.165, 1.54) is 5.69 Å². The molecule has 0 aliphatic carbocycles. The first-order valence-corrected chi connectivity index (χ1v) is 9.89. The Hall–Kier alpha value is -2.82. The van der Waals surface area contributed by atoms with Gasteiger partial charge >= 0.3 is 0 Å². The number of nitrogens with zero attached hydrogens (tertiary/aromatic N) is 3. The maximum absolute atomic E-state index is 12.7. The predicted molar refractivity (Wildman–Crippen MR) is 114 cm³/mol. The van der Waals surface area contributed by atoms with Crippen LogP contribution in [0.3, 0.4) is 0 Å². The van der Waals surface area contributed by atoms with Crippen molar-refractivity contribution in [3.05, 3.63) is 59.7 Å². The highest BCUT2D eigenvalue weighted by Gasteiger charge is 2.22. The minimum absolute atomic E-state index is 0.0337. The molecule has 0 spiro atoms.